The van der Waals surface area contributed by atoms with Gasteiger partial charge in [-0.2, -0.15) is 5.10 Å². The van der Waals surface area contributed by atoms with Crippen molar-refractivity contribution in [1.29, 1.82) is 0 Å². The van der Waals surface area contributed by atoms with E-state index in [1.807, 2.05) is 0 Å². The second-order valence-corrected chi connectivity index (χ2v) is 8.61. The SMILES string of the molecule is Cc1c(Cl)c(C(=O)Nn2c(C)nc3sc4c(c3c2=O)CC[C@H](C)C4)nn1C. The van der Waals surface area contributed by atoms with E-state index in [9.17, 15) is 9.59 Å². The molecule has 0 saturated carbocycles. The molecular weight excluding hydrogens is 386 g/mol. The van der Waals surface area contributed by atoms with Crippen LogP contribution < -0.4 is 11.0 Å². The average Bonchev–Trinajstić information content (AvgIpc) is 3.09. The van der Waals surface area contributed by atoms with Crippen LogP contribution in [0.4, 0.5) is 0 Å². The number of rotatable bonds is 2. The molecule has 0 saturated heterocycles. The number of halogens is 1. The Hall–Kier alpha value is -2.19. The van der Waals surface area contributed by atoms with Gasteiger partial charge in [0.05, 0.1) is 16.1 Å². The quantitative estimate of drug-likeness (QED) is 0.710. The maximum Gasteiger partial charge on any atom is 0.292 e. The summed E-state index contributed by atoms with van der Waals surface area (Å²) >= 11 is 7.78. The Balaban J connectivity index is 1.79. The van der Waals surface area contributed by atoms with E-state index in [1.54, 1.807) is 32.2 Å². The molecule has 0 bridgehead atoms. The van der Waals surface area contributed by atoms with Crippen molar-refractivity contribution in [2.45, 2.75) is 40.0 Å². The largest absolute Gasteiger partial charge is 0.292 e. The third-order valence-electron chi connectivity index (χ3n) is 5.19. The first-order valence-corrected chi connectivity index (χ1v) is 10.0. The molecule has 3 heterocycles. The summed E-state index contributed by atoms with van der Waals surface area (Å²) in [5, 5.41) is 5.03. The van der Waals surface area contributed by atoms with Crippen LogP contribution in [0.3, 0.4) is 0 Å². The van der Waals surface area contributed by atoms with Gasteiger partial charge in [-0.25, -0.2) is 9.66 Å². The minimum Gasteiger partial charge on any atom is -0.271 e. The highest BCUT2D eigenvalue weighted by molar-refractivity contribution is 7.18. The lowest BCUT2D eigenvalue weighted by Gasteiger charge is -2.17. The zero-order chi connectivity index (χ0) is 19.5. The number of carbonyl (C=O) groups excluding carboxylic acids is 1. The molecule has 142 valence electrons. The predicted molar refractivity (Wildman–Crippen MR) is 106 cm³/mol. The van der Waals surface area contributed by atoms with Gasteiger partial charge in [0.1, 0.15) is 10.7 Å². The van der Waals surface area contributed by atoms with E-state index in [0.717, 1.165) is 29.7 Å². The van der Waals surface area contributed by atoms with Crippen LogP contribution in [0.15, 0.2) is 4.79 Å². The molecule has 1 atom stereocenters. The van der Waals surface area contributed by atoms with E-state index >= 15 is 0 Å². The minimum absolute atomic E-state index is 0.0873. The highest BCUT2D eigenvalue weighted by Crippen LogP contribution is 2.35. The average molecular weight is 406 g/mol. The van der Waals surface area contributed by atoms with E-state index in [4.69, 9.17) is 11.6 Å². The van der Waals surface area contributed by atoms with Crippen LogP contribution in [-0.4, -0.2) is 25.3 Å². The first-order valence-electron chi connectivity index (χ1n) is 8.82. The van der Waals surface area contributed by atoms with Crippen molar-refractivity contribution < 1.29 is 4.79 Å². The lowest BCUT2D eigenvalue weighted by atomic mass is 9.89. The topological polar surface area (TPSA) is 81.8 Å². The number of amides is 1. The van der Waals surface area contributed by atoms with Crippen LogP contribution >= 0.6 is 22.9 Å². The molecule has 3 aromatic rings. The Morgan fingerprint density at radius 2 is 2.11 bits per heavy atom. The predicted octanol–water partition coefficient (Wildman–Crippen LogP) is 2.97. The molecule has 1 aliphatic rings. The number of fused-ring (bicyclic) bond motifs is 3. The number of carbonyl (C=O) groups is 1. The van der Waals surface area contributed by atoms with Crippen molar-refractivity contribution in [3.63, 3.8) is 0 Å². The van der Waals surface area contributed by atoms with Crippen molar-refractivity contribution in [2.75, 3.05) is 5.43 Å². The van der Waals surface area contributed by atoms with E-state index in [1.165, 1.54) is 14.2 Å². The third kappa shape index (κ3) is 2.87. The van der Waals surface area contributed by atoms with Gasteiger partial charge in [-0.15, -0.1) is 11.3 Å². The number of nitrogens with one attached hydrogen (secondary N) is 1. The molecule has 0 radical (unpaired) electrons. The summed E-state index contributed by atoms with van der Waals surface area (Å²) in [7, 11) is 1.71. The van der Waals surface area contributed by atoms with Gasteiger partial charge in [0.25, 0.3) is 11.5 Å². The van der Waals surface area contributed by atoms with Crippen LogP contribution in [0.1, 0.15) is 45.8 Å². The summed E-state index contributed by atoms with van der Waals surface area (Å²) in [6.45, 7) is 5.70. The maximum atomic E-state index is 13.1. The summed E-state index contributed by atoms with van der Waals surface area (Å²) in [6.07, 6.45) is 2.90. The highest BCUT2D eigenvalue weighted by atomic mass is 35.5. The van der Waals surface area contributed by atoms with Gasteiger partial charge in [-0.3, -0.25) is 19.7 Å². The summed E-state index contributed by atoms with van der Waals surface area (Å²) in [5.41, 5.74) is 4.22. The van der Waals surface area contributed by atoms with Gasteiger partial charge >= 0.3 is 0 Å². The molecule has 0 fully saturated rings. The second-order valence-electron chi connectivity index (χ2n) is 7.14. The van der Waals surface area contributed by atoms with Crippen molar-refractivity contribution in [2.24, 2.45) is 13.0 Å². The smallest absolute Gasteiger partial charge is 0.271 e. The van der Waals surface area contributed by atoms with Crippen molar-refractivity contribution in [3.05, 3.63) is 43.0 Å². The van der Waals surface area contributed by atoms with Crippen molar-refractivity contribution >= 4 is 39.1 Å². The summed E-state index contributed by atoms with van der Waals surface area (Å²) in [5.74, 6) is 0.507. The van der Waals surface area contributed by atoms with Gasteiger partial charge < -0.3 is 0 Å². The van der Waals surface area contributed by atoms with Crippen LogP contribution in [0.2, 0.25) is 5.02 Å². The standard InChI is InChI=1S/C18H20ClN5O2S/c1-8-5-6-11-12(7-8)27-17-13(11)18(26)24(10(3)20-17)22-16(25)15-14(19)9(2)23(4)21-15/h8H,5-7H2,1-4H3,(H,22,25)/t8-/m0/s1. The first kappa shape index (κ1) is 18.2. The number of aromatic nitrogens is 4. The lowest BCUT2D eigenvalue weighted by Crippen LogP contribution is -2.36. The fourth-order valence-electron chi connectivity index (χ4n) is 3.50. The van der Waals surface area contributed by atoms with E-state index in [2.05, 4.69) is 22.4 Å². The fraction of sp³-hybridized carbons (Fsp3) is 0.444. The summed E-state index contributed by atoms with van der Waals surface area (Å²) < 4.78 is 2.74. The van der Waals surface area contributed by atoms with Crippen molar-refractivity contribution in [3.8, 4) is 0 Å². The normalized spacial score (nSPS) is 16.6. The van der Waals surface area contributed by atoms with E-state index in [-0.39, 0.29) is 16.3 Å². The number of hydrogen-bond acceptors (Lipinski definition) is 5. The van der Waals surface area contributed by atoms with E-state index in [0.29, 0.717) is 22.8 Å². The molecule has 27 heavy (non-hydrogen) atoms. The molecule has 0 spiro atoms. The minimum atomic E-state index is -0.534. The summed E-state index contributed by atoms with van der Waals surface area (Å²) in [4.78, 5) is 32.3. The maximum absolute atomic E-state index is 13.1. The molecule has 4 rings (SSSR count). The lowest BCUT2D eigenvalue weighted by molar-refractivity contribution is 0.100. The molecule has 3 aromatic heterocycles. The van der Waals surface area contributed by atoms with Gasteiger partial charge in [0.2, 0.25) is 0 Å². The molecule has 0 aromatic carbocycles. The zero-order valence-electron chi connectivity index (χ0n) is 15.6. The molecule has 1 N–H and O–H groups in total. The Morgan fingerprint density at radius 1 is 1.37 bits per heavy atom. The molecule has 9 heteroatoms. The molecule has 1 aliphatic carbocycles. The Kier molecular flexibility index (Phi) is 4.35. The molecule has 0 aliphatic heterocycles. The molecule has 1 amide bonds. The number of nitrogens with zero attached hydrogens (tertiary/aromatic N) is 4. The molecule has 7 nitrogen and oxygen atoms in total. The summed E-state index contributed by atoms with van der Waals surface area (Å²) in [6, 6.07) is 0. The van der Waals surface area contributed by atoms with Crippen LogP contribution in [0.25, 0.3) is 10.2 Å². The Morgan fingerprint density at radius 3 is 2.78 bits per heavy atom. The highest BCUT2D eigenvalue weighted by Gasteiger charge is 2.25. The van der Waals surface area contributed by atoms with Crippen LogP contribution in [0.5, 0.6) is 0 Å². The van der Waals surface area contributed by atoms with E-state index < -0.39 is 5.91 Å². The zero-order valence-corrected chi connectivity index (χ0v) is 17.2. The molecule has 0 unspecified atom stereocenters. The van der Waals surface area contributed by atoms with Gasteiger partial charge in [-0.05, 0) is 44.6 Å². The third-order valence-corrected chi connectivity index (χ3v) is 6.79. The first-order chi connectivity index (χ1) is 12.8. The Bertz CT molecular complexity index is 1140. The van der Waals surface area contributed by atoms with Gasteiger partial charge in [0, 0.05) is 11.9 Å². The monoisotopic (exact) mass is 405 g/mol. The number of hydrogen-bond donors (Lipinski definition) is 1. The van der Waals surface area contributed by atoms with Gasteiger partial charge in [-0.1, -0.05) is 18.5 Å². The number of aryl methyl sites for hydroxylation is 3. The Labute approximate surface area is 164 Å². The number of thiophene rings is 1. The van der Waals surface area contributed by atoms with Crippen molar-refractivity contribution in [1.82, 2.24) is 19.4 Å². The van der Waals surface area contributed by atoms with Gasteiger partial charge in [0.15, 0.2) is 5.69 Å². The van der Waals surface area contributed by atoms with Crippen LogP contribution in [0, 0.1) is 19.8 Å². The fourth-order valence-corrected chi connectivity index (χ4v) is 5.17. The molecular formula is C18H20ClN5O2S. The van der Waals surface area contributed by atoms with Crippen LogP contribution in [-0.2, 0) is 19.9 Å². The second kappa shape index (κ2) is 6.45.